The van der Waals surface area contributed by atoms with Crippen LogP contribution in [0, 0.1) is 5.82 Å². The maximum Gasteiger partial charge on any atom is 0.315 e. The third kappa shape index (κ3) is 5.15. The van der Waals surface area contributed by atoms with Gasteiger partial charge in [0.05, 0.1) is 19.3 Å². The van der Waals surface area contributed by atoms with Crippen molar-refractivity contribution >= 4 is 17.6 Å². The summed E-state index contributed by atoms with van der Waals surface area (Å²) in [6.07, 6.45) is 1.09. The predicted molar refractivity (Wildman–Crippen MR) is 95.6 cm³/mol. The molecule has 3 amide bonds. The minimum Gasteiger partial charge on any atom is -0.379 e. The van der Waals surface area contributed by atoms with Gasteiger partial charge in [0.25, 0.3) is 0 Å². The summed E-state index contributed by atoms with van der Waals surface area (Å²) < 4.78 is 18.6. The van der Waals surface area contributed by atoms with Crippen molar-refractivity contribution in [1.29, 1.82) is 0 Å². The minimum absolute atomic E-state index is 0.117. The first-order valence-corrected chi connectivity index (χ1v) is 9.02. The van der Waals surface area contributed by atoms with Crippen molar-refractivity contribution in [3.63, 3.8) is 0 Å². The summed E-state index contributed by atoms with van der Waals surface area (Å²) in [7, 11) is 0. The summed E-state index contributed by atoms with van der Waals surface area (Å²) in [5.41, 5.74) is 0.519. The zero-order chi connectivity index (χ0) is 18.4. The third-order valence-corrected chi connectivity index (χ3v) is 4.62. The van der Waals surface area contributed by atoms with E-state index in [1.54, 1.807) is 12.1 Å². The Labute approximate surface area is 152 Å². The average molecular weight is 364 g/mol. The van der Waals surface area contributed by atoms with Crippen molar-refractivity contribution in [1.82, 2.24) is 15.5 Å². The van der Waals surface area contributed by atoms with Gasteiger partial charge < -0.3 is 20.3 Å². The van der Waals surface area contributed by atoms with E-state index in [4.69, 9.17) is 4.74 Å². The van der Waals surface area contributed by atoms with Crippen LogP contribution in [0.3, 0.4) is 0 Å². The fraction of sp³-hybridized carbons (Fsp3) is 0.556. The van der Waals surface area contributed by atoms with Crippen molar-refractivity contribution in [3.8, 4) is 0 Å². The molecule has 2 saturated heterocycles. The largest absolute Gasteiger partial charge is 0.379 e. The highest BCUT2D eigenvalue weighted by Crippen LogP contribution is 2.22. The topological polar surface area (TPSA) is 73.9 Å². The molecule has 3 rings (SSSR count). The van der Waals surface area contributed by atoms with Crippen molar-refractivity contribution < 1.29 is 18.7 Å². The van der Waals surface area contributed by atoms with Gasteiger partial charge in [-0.1, -0.05) is 6.07 Å². The fourth-order valence-electron chi connectivity index (χ4n) is 3.26. The lowest BCUT2D eigenvalue weighted by Gasteiger charge is -2.26. The van der Waals surface area contributed by atoms with Gasteiger partial charge in [0.15, 0.2) is 0 Å². The van der Waals surface area contributed by atoms with Crippen LogP contribution in [-0.2, 0) is 9.53 Å². The number of carbonyl (C=O) groups excluding carboxylic acids is 2. The van der Waals surface area contributed by atoms with Crippen LogP contribution in [0.1, 0.15) is 12.8 Å². The summed E-state index contributed by atoms with van der Waals surface area (Å²) in [5, 5.41) is 5.65. The second kappa shape index (κ2) is 8.95. The smallest absolute Gasteiger partial charge is 0.315 e. The van der Waals surface area contributed by atoms with Crippen LogP contribution in [0.5, 0.6) is 0 Å². The number of ether oxygens (including phenoxy) is 1. The van der Waals surface area contributed by atoms with Crippen LogP contribution >= 0.6 is 0 Å². The summed E-state index contributed by atoms with van der Waals surface area (Å²) in [5.74, 6) is -0.502. The molecule has 0 spiro atoms. The van der Waals surface area contributed by atoms with Gasteiger partial charge in [-0.2, -0.15) is 0 Å². The Morgan fingerprint density at radius 1 is 1.31 bits per heavy atom. The number of morpholine rings is 1. The van der Waals surface area contributed by atoms with Crippen molar-refractivity contribution in [2.24, 2.45) is 0 Å². The highest BCUT2D eigenvalue weighted by atomic mass is 19.1. The van der Waals surface area contributed by atoms with Crippen LogP contribution in [0.25, 0.3) is 0 Å². The van der Waals surface area contributed by atoms with Crippen LogP contribution in [-0.4, -0.2) is 68.8 Å². The molecular formula is C18H25FN4O3. The molecule has 1 aromatic carbocycles. The van der Waals surface area contributed by atoms with Gasteiger partial charge in [0.2, 0.25) is 5.91 Å². The average Bonchev–Trinajstić information content (AvgIpc) is 3.00. The molecule has 0 aromatic heterocycles. The lowest BCUT2D eigenvalue weighted by Crippen LogP contribution is -2.44. The van der Waals surface area contributed by atoms with Gasteiger partial charge in [-0.25, -0.2) is 9.18 Å². The molecule has 0 saturated carbocycles. The summed E-state index contributed by atoms with van der Waals surface area (Å²) in [6.45, 7) is 5.27. The number of carbonyl (C=O) groups is 2. The normalized spacial score (nSPS) is 21.0. The minimum atomic E-state index is -0.385. The fourth-order valence-corrected chi connectivity index (χ4v) is 3.26. The van der Waals surface area contributed by atoms with Gasteiger partial charge >= 0.3 is 6.03 Å². The second-order valence-electron chi connectivity index (χ2n) is 6.59. The van der Waals surface area contributed by atoms with E-state index < -0.39 is 0 Å². The maximum absolute atomic E-state index is 13.3. The molecule has 2 aliphatic heterocycles. The number of benzene rings is 1. The Balaban J connectivity index is 1.37. The molecule has 0 radical (unpaired) electrons. The quantitative estimate of drug-likeness (QED) is 0.738. The molecule has 7 nitrogen and oxygen atoms in total. The van der Waals surface area contributed by atoms with Crippen LogP contribution < -0.4 is 15.5 Å². The van der Waals surface area contributed by atoms with E-state index in [2.05, 4.69) is 15.5 Å². The Morgan fingerprint density at radius 2 is 2.12 bits per heavy atom. The Bertz CT molecular complexity index is 637. The number of nitrogens with zero attached hydrogens (tertiary/aromatic N) is 2. The lowest BCUT2D eigenvalue weighted by molar-refractivity contribution is -0.117. The van der Waals surface area contributed by atoms with Crippen molar-refractivity contribution in [2.45, 2.75) is 18.9 Å². The molecule has 0 unspecified atom stereocenters. The van der Waals surface area contributed by atoms with Gasteiger partial charge in [0, 0.05) is 38.3 Å². The summed E-state index contributed by atoms with van der Waals surface area (Å²) in [6, 6.07) is 5.38. The molecule has 1 aromatic rings. The summed E-state index contributed by atoms with van der Waals surface area (Å²) >= 11 is 0. The molecule has 0 aliphatic carbocycles. The summed E-state index contributed by atoms with van der Waals surface area (Å²) in [4.78, 5) is 28.0. The molecule has 1 atom stereocenters. The van der Waals surface area contributed by atoms with Crippen LogP contribution in [0.4, 0.5) is 14.9 Å². The highest BCUT2D eigenvalue weighted by Gasteiger charge is 2.31. The van der Waals surface area contributed by atoms with E-state index in [0.29, 0.717) is 18.8 Å². The lowest BCUT2D eigenvalue weighted by atomic mass is 10.2. The highest BCUT2D eigenvalue weighted by molar-refractivity contribution is 5.96. The number of urea groups is 1. The first-order chi connectivity index (χ1) is 12.6. The molecule has 2 fully saturated rings. The van der Waals surface area contributed by atoms with Crippen LogP contribution in [0.2, 0.25) is 0 Å². The number of nitrogens with one attached hydrogen (secondary N) is 2. The van der Waals surface area contributed by atoms with Gasteiger partial charge in [0.1, 0.15) is 5.82 Å². The SMILES string of the molecule is O=C(NCCCN1CCOCC1)N[C@H]1CC(=O)N(c2cccc(F)c2)C1. The van der Waals surface area contributed by atoms with Gasteiger partial charge in [-0.3, -0.25) is 9.69 Å². The Kier molecular flexibility index (Phi) is 6.40. The zero-order valence-corrected chi connectivity index (χ0v) is 14.7. The predicted octanol–water partition coefficient (Wildman–Crippen LogP) is 0.953. The number of halogens is 1. The number of rotatable bonds is 6. The van der Waals surface area contributed by atoms with Crippen LogP contribution in [0.15, 0.2) is 24.3 Å². The monoisotopic (exact) mass is 364 g/mol. The van der Waals surface area contributed by atoms with Crippen molar-refractivity contribution in [2.75, 3.05) is 50.8 Å². The van der Waals surface area contributed by atoms with E-state index in [0.717, 1.165) is 39.3 Å². The Hall–Kier alpha value is -2.19. The number of hydrogen-bond donors (Lipinski definition) is 2. The number of anilines is 1. The maximum atomic E-state index is 13.3. The Morgan fingerprint density at radius 3 is 2.88 bits per heavy atom. The third-order valence-electron chi connectivity index (χ3n) is 4.62. The zero-order valence-electron chi connectivity index (χ0n) is 14.7. The number of hydrogen-bond acceptors (Lipinski definition) is 4. The first-order valence-electron chi connectivity index (χ1n) is 9.02. The van der Waals surface area contributed by atoms with E-state index in [1.807, 2.05) is 0 Å². The second-order valence-corrected chi connectivity index (χ2v) is 6.59. The van der Waals surface area contributed by atoms with E-state index >= 15 is 0 Å². The van der Waals surface area contributed by atoms with Gasteiger partial charge in [-0.15, -0.1) is 0 Å². The standard InChI is InChI=1S/C18H25FN4O3/c19-14-3-1-4-16(11-14)23-13-15(12-17(23)24)21-18(25)20-5-2-6-22-7-9-26-10-8-22/h1,3-4,11,15H,2,5-10,12-13H2,(H2,20,21,25)/t15-/m0/s1. The van der Waals surface area contributed by atoms with E-state index in [9.17, 15) is 14.0 Å². The first kappa shape index (κ1) is 18.6. The molecule has 8 heteroatoms. The van der Waals surface area contributed by atoms with Crippen molar-refractivity contribution in [3.05, 3.63) is 30.1 Å². The molecular weight excluding hydrogens is 339 g/mol. The molecule has 2 aliphatic rings. The molecule has 0 bridgehead atoms. The molecule has 142 valence electrons. The molecule has 2 heterocycles. The van der Waals surface area contributed by atoms with Gasteiger partial charge in [-0.05, 0) is 31.2 Å². The van der Waals surface area contributed by atoms with E-state index in [-0.39, 0.29) is 30.2 Å². The molecule has 2 N–H and O–H groups in total. The van der Waals surface area contributed by atoms with E-state index in [1.165, 1.54) is 17.0 Å². The number of amides is 3. The molecule has 26 heavy (non-hydrogen) atoms.